The van der Waals surface area contributed by atoms with Crippen molar-refractivity contribution in [1.29, 1.82) is 0 Å². The maximum Gasteiger partial charge on any atom is 0.242 e. The van der Waals surface area contributed by atoms with E-state index in [1.54, 1.807) is 4.90 Å². The van der Waals surface area contributed by atoms with Crippen LogP contribution in [0.5, 0.6) is 0 Å². The molecule has 0 saturated heterocycles. The van der Waals surface area contributed by atoms with Crippen LogP contribution in [0, 0.1) is 0 Å². The smallest absolute Gasteiger partial charge is 0.242 e. The van der Waals surface area contributed by atoms with Gasteiger partial charge in [-0.3, -0.25) is 9.59 Å². The summed E-state index contributed by atoms with van der Waals surface area (Å²) in [5, 5.41) is 1.19. The number of carbonyl (C=O) groups excluding carboxylic acids is 2. The Kier molecular flexibility index (Phi) is 11.3. The van der Waals surface area contributed by atoms with E-state index in [2.05, 4.69) is 53.2 Å². The van der Waals surface area contributed by atoms with Gasteiger partial charge in [0.15, 0.2) is 0 Å². The van der Waals surface area contributed by atoms with Crippen LogP contribution in [0.2, 0.25) is 0 Å². The number of fused-ring (bicyclic) bond motifs is 1. The summed E-state index contributed by atoms with van der Waals surface area (Å²) in [7, 11) is 4.04. The van der Waals surface area contributed by atoms with E-state index in [1.807, 2.05) is 51.2 Å². The molecule has 0 bridgehead atoms. The molecule has 0 aliphatic carbocycles. The lowest BCUT2D eigenvalue weighted by Gasteiger charge is -2.30. The molecule has 0 spiro atoms. The number of H-pyrrole nitrogens is 1. The molecule has 0 atom stereocenters. The summed E-state index contributed by atoms with van der Waals surface area (Å²) in [6, 6.07) is 16.6. The number of carbonyl (C=O) groups is 2. The highest BCUT2D eigenvalue weighted by Crippen LogP contribution is 2.20. The van der Waals surface area contributed by atoms with Crippen LogP contribution >= 0.6 is 0 Å². The average Bonchev–Trinajstić information content (AvgIpc) is 3.32. The summed E-state index contributed by atoms with van der Waals surface area (Å²) >= 11 is 0. The topological polar surface area (TPSA) is 59.7 Å². The van der Waals surface area contributed by atoms with Crippen LogP contribution < -0.4 is 4.90 Å². The quantitative estimate of drug-likeness (QED) is 0.237. The monoisotopic (exact) mass is 518 g/mol. The van der Waals surface area contributed by atoms with Gasteiger partial charge >= 0.3 is 0 Å². The molecule has 1 N–H and O–H groups in total. The number of para-hydroxylation sites is 1. The Balaban J connectivity index is 1.72. The van der Waals surface area contributed by atoms with Gasteiger partial charge in [-0.2, -0.15) is 0 Å². The average molecular weight is 519 g/mol. The Morgan fingerprint density at radius 1 is 0.895 bits per heavy atom. The highest BCUT2D eigenvalue weighted by Gasteiger charge is 2.23. The van der Waals surface area contributed by atoms with E-state index in [0.29, 0.717) is 19.5 Å². The van der Waals surface area contributed by atoms with Crippen LogP contribution in [0.1, 0.15) is 70.4 Å². The Labute approximate surface area is 229 Å². The normalized spacial score (nSPS) is 11.2. The molecule has 0 radical (unpaired) electrons. The molecule has 2 aromatic carbocycles. The fraction of sp³-hybridized carbons (Fsp3) is 0.500. The molecule has 1 heterocycles. The molecule has 38 heavy (non-hydrogen) atoms. The molecule has 3 rings (SSSR count). The van der Waals surface area contributed by atoms with Gasteiger partial charge in [0, 0.05) is 62.4 Å². The third-order valence-corrected chi connectivity index (χ3v) is 7.25. The third kappa shape index (κ3) is 8.37. The minimum Gasteiger partial charge on any atom is -0.378 e. The molecular weight excluding hydrogens is 472 g/mol. The Morgan fingerprint density at radius 3 is 2.29 bits per heavy atom. The van der Waals surface area contributed by atoms with Crippen molar-refractivity contribution in [3.8, 4) is 0 Å². The van der Waals surface area contributed by atoms with E-state index >= 15 is 0 Å². The van der Waals surface area contributed by atoms with Gasteiger partial charge in [-0.1, -0.05) is 62.9 Å². The number of amides is 2. The molecule has 0 unspecified atom stereocenters. The SMILES string of the molecule is CCCCCCCC(=O)N(CC(=O)N(CCc1c[nH]c2ccccc12)Cc1ccc(N(C)C)cc1)C(C)C. The second-order valence-electron chi connectivity index (χ2n) is 10.8. The van der Waals surface area contributed by atoms with Crippen molar-refractivity contribution < 1.29 is 9.59 Å². The summed E-state index contributed by atoms with van der Waals surface area (Å²) in [5.74, 6) is 0.0753. The van der Waals surface area contributed by atoms with E-state index in [9.17, 15) is 9.59 Å². The van der Waals surface area contributed by atoms with Crippen LogP contribution in [0.4, 0.5) is 5.69 Å². The molecule has 1 aromatic heterocycles. The fourth-order valence-electron chi connectivity index (χ4n) is 4.83. The molecule has 3 aromatic rings. The first-order valence-electron chi connectivity index (χ1n) is 14.2. The molecule has 0 aliphatic rings. The van der Waals surface area contributed by atoms with Gasteiger partial charge < -0.3 is 19.7 Å². The fourth-order valence-corrected chi connectivity index (χ4v) is 4.83. The van der Waals surface area contributed by atoms with Gasteiger partial charge in [-0.25, -0.2) is 0 Å². The van der Waals surface area contributed by atoms with Crippen molar-refractivity contribution >= 4 is 28.4 Å². The summed E-state index contributed by atoms with van der Waals surface area (Å²) in [6.07, 6.45) is 8.82. The predicted octanol–water partition coefficient (Wildman–Crippen LogP) is 6.40. The Bertz CT molecular complexity index is 1150. The molecule has 0 aliphatic heterocycles. The van der Waals surface area contributed by atoms with Crippen LogP contribution in [-0.2, 0) is 22.6 Å². The number of anilines is 1. The zero-order valence-electron chi connectivity index (χ0n) is 24.0. The zero-order valence-corrected chi connectivity index (χ0v) is 24.0. The summed E-state index contributed by atoms with van der Waals surface area (Å²) < 4.78 is 0. The minimum atomic E-state index is -0.0167. The van der Waals surface area contributed by atoms with E-state index in [0.717, 1.165) is 36.0 Å². The number of benzene rings is 2. The van der Waals surface area contributed by atoms with Crippen LogP contribution in [-0.4, -0.2) is 59.8 Å². The highest BCUT2D eigenvalue weighted by molar-refractivity contribution is 5.85. The second-order valence-corrected chi connectivity index (χ2v) is 10.8. The van der Waals surface area contributed by atoms with E-state index in [1.165, 1.54) is 30.2 Å². The number of rotatable bonds is 15. The highest BCUT2D eigenvalue weighted by atomic mass is 16.2. The van der Waals surface area contributed by atoms with Crippen molar-refractivity contribution in [2.24, 2.45) is 0 Å². The van der Waals surface area contributed by atoms with Crippen molar-refractivity contribution in [3.63, 3.8) is 0 Å². The van der Waals surface area contributed by atoms with Gasteiger partial charge in [-0.05, 0) is 56.0 Å². The Hall–Kier alpha value is -3.28. The van der Waals surface area contributed by atoms with Gasteiger partial charge in [0.2, 0.25) is 11.8 Å². The van der Waals surface area contributed by atoms with E-state index < -0.39 is 0 Å². The van der Waals surface area contributed by atoms with Gasteiger partial charge in [0.25, 0.3) is 0 Å². The molecule has 0 fully saturated rings. The van der Waals surface area contributed by atoms with Crippen LogP contribution in [0.25, 0.3) is 10.9 Å². The summed E-state index contributed by atoms with van der Waals surface area (Å²) in [6.45, 7) is 7.42. The molecule has 206 valence electrons. The number of aromatic amines is 1. The maximum atomic E-state index is 13.7. The first-order chi connectivity index (χ1) is 18.3. The largest absolute Gasteiger partial charge is 0.378 e. The van der Waals surface area contributed by atoms with Crippen molar-refractivity contribution in [1.82, 2.24) is 14.8 Å². The number of aromatic nitrogens is 1. The lowest BCUT2D eigenvalue weighted by molar-refractivity contribution is -0.142. The van der Waals surface area contributed by atoms with Crippen LogP contribution in [0.15, 0.2) is 54.7 Å². The van der Waals surface area contributed by atoms with E-state index in [-0.39, 0.29) is 24.4 Å². The standard InChI is InChI=1S/C32H46N4O2/c1-6-7-8-9-10-15-31(37)36(25(2)3)24-32(38)35(23-26-16-18-28(19-17-26)34(4)5)21-20-27-22-33-30-14-12-11-13-29(27)30/h11-14,16-19,22,25,33H,6-10,15,20-21,23-24H2,1-5H3. The summed E-state index contributed by atoms with van der Waals surface area (Å²) in [5.41, 5.74) is 4.52. The third-order valence-electron chi connectivity index (χ3n) is 7.25. The summed E-state index contributed by atoms with van der Waals surface area (Å²) in [4.78, 5) is 35.9. The zero-order chi connectivity index (χ0) is 27.5. The lowest BCUT2D eigenvalue weighted by atomic mass is 10.1. The molecule has 6 nitrogen and oxygen atoms in total. The molecular formula is C32H46N4O2. The molecule has 2 amide bonds. The van der Waals surface area contributed by atoms with Crippen molar-refractivity contribution in [2.45, 2.75) is 78.3 Å². The minimum absolute atomic E-state index is 0.00504. The van der Waals surface area contributed by atoms with Crippen LogP contribution in [0.3, 0.4) is 0 Å². The lowest BCUT2D eigenvalue weighted by Crippen LogP contribution is -2.46. The Morgan fingerprint density at radius 2 is 1.61 bits per heavy atom. The molecule has 6 heteroatoms. The van der Waals surface area contributed by atoms with Gasteiger partial charge in [0.05, 0.1) is 6.54 Å². The number of unbranched alkanes of at least 4 members (excludes halogenated alkanes) is 4. The van der Waals surface area contributed by atoms with Gasteiger partial charge in [0.1, 0.15) is 0 Å². The molecule has 0 saturated carbocycles. The van der Waals surface area contributed by atoms with Crippen molar-refractivity contribution in [3.05, 3.63) is 65.9 Å². The number of hydrogen-bond acceptors (Lipinski definition) is 3. The first kappa shape index (κ1) is 29.3. The predicted molar refractivity (Wildman–Crippen MR) is 158 cm³/mol. The maximum absolute atomic E-state index is 13.7. The second kappa shape index (κ2) is 14.6. The van der Waals surface area contributed by atoms with E-state index in [4.69, 9.17) is 0 Å². The number of nitrogens with one attached hydrogen (secondary N) is 1. The number of nitrogens with zero attached hydrogens (tertiary/aromatic N) is 3. The van der Waals surface area contributed by atoms with Crippen molar-refractivity contribution in [2.75, 3.05) is 32.1 Å². The first-order valence-corrected chi connectivity index (χ1v) is 14.2. The van der Waals surface area contributed by atoms with Gasteiger partial charge in [-0.15, -0.1) is 0 Å². The number of hydrogen-bond donors (Lipinski definition) is 1.